The van der Waals surface area contributed by atoms with E-state index in [1.165, 1.54) is 17.5 Å². The Morgan fingerprint density at radius 1 is 0.926 bits per heavy atom. The Labute approximate surface area is 159 Å². The number of thiazole rings is 1. The summed E-state index contributed by atoms with van der Waals surface area (Å²) < 4.78 is 5.62. The first-order valence-electron chi connectivity index (χ1n) is 8.15. The van der Waals surface area contributed by atoms with Crippen LogP contribution < -0.4 is 10.1 Å². The van der Waals surface area contributed by atoms with Gasteiger partial charge in [-0.3, -0.25) is 15.1 Å². The number of pyridine rings is 2. The van der Waals surface area contributed by atoms with Gasteiger partial charge in [-0.15, -0.1) is 11.3 Å². The Hall–Kier alpha value is -3.58. The highest BCUT2D eigenvalue weighted by Gasteiger charge is 2.11. The van der Waals surface area contributed by atoms with Gasteiger partial charge in [0.25, 0.3) is 5.91 Å². The van der Waals surface area contributed by atoms with Crippen LogP contribution in [0.25, 0.3) is 11.4 Å². The minimum Gasteiger partial charge on any atom is -0.439 e. The van der Waals surface area contributed by atoms with Crippen LogP contribution in [0.4, 0.5) is 5.13 Å². The van der Waals surface area contributed by atoms with E-state index in [0.29, 0.717) is 22.3 Å². The van der Waals surface area contributed by atoms with Crippen LogP contribution in [-0.2, 0) is 0 Å². The van der Waals surface area contributed by atoms with Crippen LogP contribution in [0, 0.1) is 0 Å². The third kappa shape index (κ3) is 4.16. The Balaban J connectivity index is 1.42. The third-order valence-electron chi connectivity index (χ3n) is 3.62. The second-order valence-corrected chi connectivity index (χ2v) is 6.37. The van der Waals surface area contributed by atoms with Gasteiger partial charge in [-0.2, -0.15) is 0 Å². The lowest BCUT2D eigenvalue weighted by Gasteiger charge is -2.05. The lowest BCUT2D eigenvalue weighted by atomic mass is 10.2. The molecule has 1 aromatic carbocycles. The molecule has 6 nitrogen and oxygen atoms in total. The quantitative estimate of drug-likeness (QED) is 0.550. The van der Waals surface area contributed by atoms with Gasteiger partial charge in [-0.1, -0.05) is 24.3 Å². The predicted molar refractivity (Wildman–Crippen MR) is 104 cm³/mol. The number of anilines is 1. The number of ether oxygens (including phenoxy) is 1. The molecule has 4 rings (SSSR count). The maximum absolute atomic E-state index is 12.4. The molecule has 27 heavy (non-hydrogen) atoms. The second-order valence-electron chi connectivity index (χ2n) is 5.51. The molecule has 4 aromatic rings. The van der Waals surface area contributed by atoms with Crippen molar-refractivity contribution in [2.24, 2.45) is 0 Å². The van der Waals surface area contributed by atoms with Crippen LogP contribution in [-0.4, -0.2) is 20.9 Å². The molecular formula is C20H14N4O2S. The minimum absolute atomic E-state index is 0.282. The molecule has 7 heteroatoms. The first-order valence-corrected chi connectivity index (χ1v) is 9.03. The topological polar surface area (TPSA) is 77.0 Å². The molecule has 0 bridgehead atoms. The van der Waals surface area contributed by atoms with Crippen LogP contribution in [0.1, 0.15) is 10.4 Å². The van der Waals surface area contributed by atoms with Gasteiger partial charge in [0, 0.05) is 23.8 Å². The molecule has 0 aliphatic heterocycles. The van der Waals surface area contributed by atoms with Crippen molar-refractivity contribution in [3.63, 3.8) is 0 Å². The number of carbonyl (C=O) groups is 1. The highest BCUT2D eigenvalue weighted by molar-refractivity contribution is 7.14. The first kappa shape index (κ1) is 16.9. The normalized spacial score (nSPS) is 10.4. The van der Waals surface area contributed by atoms with Crippen molar-refractivity contribution in [1.82, 2.24) is 15.0 Å². The Morgan fingerprint density at radius 3 is 2.52 bits per heavy atom. The molecule has 0 aliphatic rings. The van der Waals surface area contributed by atoms with Crippen molar-refractivity contribution in [2.45, 2.75) is 0 Å². The lowest BCUT2D eigenvalue weighted by molar-refractivity contribution is 0.102. The zero-order chi connectivity index (χ0) is 18.5. The average molecular weight is 374 g/mol. The van der Waals surface area contributed by atoms with Crippen LogP contribution in [0.5, 0.6) is 11.6 Å². The van der Waals surface area contributed by atoms with E-state index in [0.717, 1.165) is 11.4 Å². The highest BCUT2D eigenvalue weighted by atomic mass is 32.1. The van der Waals surface area contributed by atoms with E-state index in [2.05, 4.69) is 20.3 Å². The van der Waals surface area contributed by atoms with E-state index in [4.69, 9.17) is 4.74 Å². The number of hydrogen-bond donors (Lipinski definition) is 1. The van der Waals surface area contributed by atoms with E-state index >= 15 is 0 Å². The molecule has 0 spiro atoms. The maximum Gasteiger partial charge on any atom is 0.259 e. The monoisotopic (exact) mass is 374 g/mol. The Kier molecular flexibility index (Phi) is 4.84. The molecule has 0 atom stereocenters. The Bertz CT molecular complexity index is 1030. The van der Waals surface area contributed by atoms with E-state index in [1.54, 1.807) is 18.3 Å². The van der Waals surface area contributed by atoms with E-state index in [-0.39, 0.29) is 5.91 Å². The van der Waals surface area contributed by atoms with Crippen molar-refractivity contribution in [2.75, 3.05) is 5.32 Å². The number of rotatable bonds is 5. The summed E-state index contributed by atoms with van der Waals surface area (Å²) in [6, 6.07) is 18.3. The molecule has 3 heterocycles. The minimum atomic E-state index is -0.282. The molecule has 0 unspecified atom stereocenters. The van der Waals surface area contributed by atoms with E-state index in [9.17, 15) is 4.79 Å². The van der Waals surface area contributed by atoms with Crippen LogP contribution in [0.2, 0.25) is 0 Å². The van der Waals surface area contributed by atoms with Crippen LogP contribution >= 0.6 is 11.3 Å². The summed E-state index contributed by atoms with van der Waals surface area (Å²) in [5.74, 6) is 0.826. The van der Waals surface area contributed by atoms with Crippen molar-refractivity contribution in [3.05, 3.63) is 84.0 Å². The van der Waals surface area contributed by atoms with Gasteiger partial charge in [-0.05, 0) is 30.3 Å². The molecule has 0 saturated heterocycles. The first-order chi connectivity index (χ1) is 13.3. The summed E-state index contributed by atoms with van der Waals surface area (Å²) in [5, 5.41) is 5.14. The SMILES string of the molecule is O=C(Nc1nc(-c2ccccn2)cs1)c1ccc(Oc2ccccc2)nc1. The van der Waals surface area contributed by atoms with Gasteiger partial charge in [0.05, 0.1) is 11.3 Å². The summed E-state index contributed by atoms with van der Waals surface area (Å²) in [6.45, 7) is 0. The van der Waals surface area contributed by atoms with Gasteiger partial charge in [-0.25, -0.2) is 9.97 Å². The fraction of sp³-hybridized carbons (Fsp3) is 0. The van der Waals surface area contributed by atoms with Crippen LogP contribution in [0.3, 0.4) is 0 Å². The smallest absolute Gasteiger partial charge is 0.259 e. The molecule has 0 aliphatic carbocycles. The van der Waals surface area contributed by atoms with Crippen molar-refractivity contribution in [1.29, 1.82) is 0 Å². The molecule has 3 aromatic heterocycles. The highest BCUT2D eigenvalue weighted by Crippen LogP contribution is 2.24. The third-order valence-corrected chi connectivity index (χ3v) is 4.37. The molecule has 1 amide bonds. The molecule has 0 saturated carbocycles. The zero-order valence-electron chi connectivity index (χ0n) is 14.1. The molecule has 1 N–H and O–H groups in total. The summed E-state index contributed by atoms with van der Waals surface area (Å²) in [6.07, 6.45) is 3.18. The number of hydrogen-bond acceptors (Lipinski definition) is 6. The number of nitrogens with one attached hydrogen (secondary N) is 1. The standard InChI is InChI=1S/C20H14N4O2S/c25-19(24-20-23-17(13-27-20)16-8-4-5-11-21-16)14-9-10-18(22-12-14)26-15-6-2-1-3-7-15/h1-13H,(H,23,24,25). The van der Waals surface area contributed by atoms with Gasteiger partial charge >= 0.3 is 0 Å². The van der Waals surface area contributed by atoms with E-state index in [1.807, 2.05) is 53.9 Å². The van der Waals surface area contributed by atoms with E-state index < -0.39 is 0 Å². The average Bonchev–Trinajstić information content (AvgIpc) is 3.18. The number of amides is 1. The second kappa shape index (κ2) is 7.76. The largest absolute Gasteiger partial charge is 0.439 e. The van der Waals surface area contributed by atoms with Crippen molar-refractivity contribution < 1.29 is 9.53 Å². The molecule has 0 fully saturated rings. The summed E-state index contributed by atoms with van der Waals surface area (Å²) in [4.78, 5) is 25.2. The fourth-order valence-corrected chi connectivity index (χ4v) is 3.02. The van der Waals surface area contributed by atoms with Crippen molar-refractivity contribution in [3.8, 4) is 23.0 Å². The predicted octanol–water partition coefficient (Wildman–Crippen LogP) is 4.64. The number of carbonyl (C=O) groups excluding carboxylic acids is 1. The fourth-order valence-electron chi connectivity index (χ4n) is 2.32. The van der Waals surface area contributed by atoms with Gasteiger partial charge in [0.15, 0.2) is 5.13 Å². The van der Waals surface area contributed by atoms with Gasteiger partial charge in [0.1, 0.15) is 11.4 Å². The van der Waals surface area contributed by atoms with Crippen molar-refractivity contribution >= 4 is 22.4 Å². The maximum atomic E-state index is 12.4. The molecule has 132 valence electrons. The number of benzene rings is 1. The number of nitrogens with zero attached hydrogens (tertiary/aromatic N) is 3. The van der Waals surface area contributed by atoms with Gasteiger partial charge in [0.2, 0.25) is 5.88 Å². The molecule has 0 radical (unpaired) electrons. The van der Waals surface area contributed by atoms with Crippen LogP contribution in [0.15, 0.2) is 78.4 Å². The number of aromatic nitrogens is 3. The summed E-state index contributed by atoms with van der Waals surface area (Å²) in [5.41, 5.74) is 1.91. The molecular weight excluding hydrogens is 360 g/mol. The summed E-state index contributed by atoms with van der Waals surface area (Å²) in [7, 11) is 0. The lowest BCUT2D eigenvalue weighted by Crippen LogP contribution is -2.12. The summed E-state index contributed by atoms with van der Waals surface area (Å²) >= 11 is 1.34. The zero-order valence-corrected chi connectivity index (χ0v) is 14.9. The van der Waals surface area contributed by atoms with Gasteiger partial charge < -0.3 is 4.74 Å². The Morgan fingerprint density at radius 2 is 1.78 bits per heavy atom. The number of para-hydroxylation sites is 1.